The first kappa shape index (κ1) is 26.7. The fraction of sp³-hybridized carbons (Fsp3) is 0.419. The van der Waals surface area contributed by atoms with Crippen LogP contribution in [0.3, 0.4) is 0 Å². The zero-order chi connectivity index (χ0) is 27.6. The van der Waals surface area contributed by atoms with Crippen molar-refractivity contribution in [2.45, 2.75) is 70.5 Å². The Kier molecular flexibility index (Phi) is 7.55. The highest BCUT2D eigenvalue weighted by Gasteiger charge is 2.27. The quantitative estimate of drug-likeness (QED) is 0.336. The lowest BCUT2D eigenvalue weighted by Crippen LogP contribution is -2.41. The zero-order valence-electron chi connectivity index (χ0n) is 23.6. The molecule has 1 fully saturated rings. The maximum Gasteiger partial charge on any atom is 0.269 e. The summed E-state index contributed by atoms with van der Waals surface area (Å²) in [6.07, 6.45) is 3.68. The molecule has 2 aromatic carbocycles. The van der Waals surface area contributed by atoms with Crippen molar-refractivity contribution in [1.29, 1.82) is 0 Å². The Labute approximate surface area is 230 Å². The maximum absolute atomic E-state index is 13.5. The lowest BCUT2D eigenvalue weighted by Gasteiger charge is -2.30. The SMILES string of the molecule is CN(C)c1nc(N[C@H]2CC[C@@H](NC(=O)c3cc(C(C)(C)C)nn3Cc3ccccc3)CC2)nc2ccccc12. The van der Waals surface area contributed by atoms with Gasteiger partial charge in [-0.2, -0.15) is 10.1 Å². The number of hydrogen-bond donors (Lipinski definition) is 2. The first-order valence-electron chi connectivity index (χ1n) is 13.8. The summed E-state index contributed by atoms with van der Waals surface area (Å²) < 4.78 is 1.85. The van der Waals surface area contributed by atoms with Gasteiger partial charge in [0, 0.05) is 37.0 Å². The smallest absolute Gasteiger partial charge is 0.269 e. The summed E-state index contributed by atoms with van der Waals surface area (Å²) >= 11 is 0. The molecule has 2 aromatic heterocycles. The van der Waals surface area contributed by atoms with Gasteiger partial charge in [-0.05, 0) is 49.4 Å². The molecule has 1 aliphatic rings. The van der Waals surface area contributed by atoms with Crippen molar-refractivity contribution in [1.82, 2.24) is 25.1 Å². The number of aromatic nitrogens is 4. The molecule has 5 rings (SSSR count). The minimum Gasteiger partial charge on any atom is -0.362 e. The summed E-state index contributed by atoms with van der Waals surface area (Å²) in [4.78, 5) is 25.0. The Morgan fingerprint density at radius 1 is 0.949 bits per heavy atom. The van der Waals surface area contributed by atoms with Crippen LogP contribution in [0.4, 0.5) is 11.8 Å². The third-order valence-corrected chi connectivity index (χ3v) is 7.36. The predicted molar refractivity (Wildman–Crippen MR) is 157 cm³/mol. The van der Waals surface area contributed by atoms with E-state index < -0.39 is 0 Å². The molecule has 1 saturated carbocycles. The first-order chi connectivity index (χ1) is 18.7. The van der Waals surface area contributed by atoms with Crippen LogP contribution in [0.25, 0.3) is 10.9 Å². The van der Waals surface area contributed by atoms with Crippen LogP contribution in [0, 0.1) is 0 Å². The Balaban J connectivity index is 1.24. The van der Waals surface area contributed by atoms with Crippen LogP contribution in [0.2, 0.25) is 0 Å². The molecule has 8 heteroatoms. The summed E-state index contributed by atoms with van der Waals surface area (Å²) in [5.74, 6) is 1.51. The summed E-state index contributed by atoms with van der Waals surface area (Å²) in [6, 6.07) is 20.6. The van der Waals surface area contributed by atoms with Gasteiger partial charge in [-0.1, -0.05) is 63.2 Å². The van der Waals surface area contributed by atoms with Crippen molar-refractivity contribution < 1.29 is 4.79 Å². The topological polar surface area (TPSA) is 88.0 Å². The van der Waals surface area contributed by atoms with Crippen LogP contribution in [0.15, 0.2) is 60.7 Å². The third kappa shape index (κ3) is 6.21. The molecule has 8 nitrogen and oxygen atoms in total. The van der Waals surface area contributed by atoms with E-state index in [0.29, 0.717) is 18.2 Å². The Morgan fingerprint density at radius 3 is 2.31 bits per heavy atom. The van der Waals surface area contributed by atoms with E-state index in [1.54, 1.807) is 0 Å². The lowest BCUT2D eigenvalue weighted by atomic mass is 9.91. The van der Waals surface area contributed by atoms with Crippen molar-refractivity contribution in [3.8, 4) is 0 Å². The van der Waals surface area contributed by atoms with Gasteiger partial charge in [-0.25, -0.2) is 4.98 Å². The Morgan fingerprint density at radius 2 is 1.62 bits per heavy atom. The number of nitrogens with zero attached hydrogens (tertiary/aromatic N) is 5. The van der Waals surface area contributed by atoms with Crippen LogP contribution >= 0.6 is 0 Å². The first-order valence-corrected chi connectivity index (χ1v) is 13.8. The molecule has 0 radical (unpaired) electrons. The van der Waals surface area contributed by atoms with Gasteiger partial charge in [0.2, 0.25) is 5.95 Å². The van der Waals surface area contributed by atoms with Gasteiger partial charge >= 0.3 is 0 Å². The molecule has 0 unspecified atom stereocenters. The maximum atomic E-state index is 13.5. The standard InChI is InChI=1S/C31H39N7O/c1-31(2,3)27-19-26(38(36-27)20-21-11-7-6-8-12-21)29(39)32-22-15-17-23(18-16-22)33-30-34-25-14-10-9-13-24(25)28(35-30)37(4)5/h6-14,19,22-23H,15-18,20H2,1-5H3,(H,32,39)(H,33,34,35)/t22-,23+. The zero-order valence-corrected chi connectivity index (χ0v) is 23.6. The highest BCUT2D eigenvalue weighted by Crippen LogP contribution is 2.27. The van der Waals surface area contributed by atoms with Crippen LogP contribution < -0.4 is 15.5 Å². The van der Waals surface area contributed by atoms with E-state index in [-0.39, 0.29) is 23.4 Å². The summed E-state index contributed by atoms with van der Waals surface area (Å²) in [6.45, 7) is 6.94. The van der Waals surface area contributed by atoms with Crippen LogP contribution in [0.5, 0.6) is 0 Å². The number of para-hydroxylation sites is 1. The summed E-state index contributed by atoms with van der Waals surface area (Å²) in [5.41, 5.74) is 3.45. The number of carbonyl (C=O) groups is 1. The number of carbonyl (C=O) groups excluding carboxylic acids is 1. The molecule has 0 atom stereocenters. The van der Waals surface area contributed by atoms with E-state index in [0.717, 1.165) is 53.7 Å². The van der Waals surface area contributed by atoms with Gasteiger partial charge in [0.05, 0.1) is 17.8 Å². The molecule has 0 saturated heterocycles. The Hall–Kier alpha value is -3.94. The molecular weight excluding hydrogens is 486 g/mol. The largest absolute Gasteiger partial charge is 0.362 e. The highest BCUT2D eigenvalue weighted by atomic mass is 16.2. The molecule has 2 N–H and O–H groups in total. The van der Waals surface area contributed by atoms with Crippen molar-refractivity contribution in [2.75, 3.05) is 24.3 Å². The number of nitrogens with one attached hydrogen (secondary N) is 2. The molecule has 39 heavy (non-hydrogen) atoms. The third-order valence-electron chi connectivity index (χ3n) is 7.36. The van der Waals surface area contributed by atoms with E-state index in [1.807, 2.05) is 66.1 Å². The monoisotopic (exact) mass is 525 g/mol. The minimum atomic E-state index is -0.141. The predicted octanol–water partition coefficient (Wildman–Crippen LogP) is 5.39. The second-order valence-electron chi connectivity index (χ2n) is 11.8. The van der Waals surface area contributed by atoms with Gasteiger partial charge < -0.3 is 15.5 Å². The minimum absolute atomic E-state index is 0.0566. The van der Waals surface area contributed by atoms with Crippen LogP contribution in [-0.4, -0.2) is 51.8 Å². The van der Waals surface area contributed by atoms with Crippen molar-refractivity contribution >= 4 is 28.6 Å². The second-order valence-corrected chi connectivity index (χ2v) is 11.8. The highest BCUT2D eigenvalue weighted by molar-refractivity contribution is 5.93. The molecule has 0 spiro atoms. The van der Waals surface area contributed by atoms with Crippen molar-refractivity contribution in [3.63, 3.8) is 0 Å². The molecular formula is C31H39N7O. The van der Waals surface area contributed by atoms with Crippen molar-refractivity contribution in [3.05, 3.63) is 77.6 Å². The van der Waals surface area contributed by atoms with Gasteiger partial charge in [0.15, 0.2) is 0 Å². The summed E-state index contributed by atoms with van der Waals surface area (Å²) in [7, 11) is 4.01. The average Bonchev–Trinajstić information content (AvgIpc) is 3.34. The molecule has 2 heterocycles. The normalized spacial score (nSPS) is 17.7. The number of fused-ring (bicyclic) bond motifs is 1. The van der Waals surface area contributed by atoms with Gasteiger partial charge in [-0.3, -0.25) is 9.48 Å². The van der Waals surface area contributed by atoms with Gasteiger partial charge in [0.25, 0.3) is 5.91 Å². The van der Waals surface area contributed by atoms with E-state index in [9.17, 15) is 4.79 Å². The Bertz CT molecular complexity index is 1430. The van der Waals surface area contributed by atoms with Gasteiger partial charge in [-0.15, -0.1) is 0 Å². The molecule has 1 aliphatic carbocycles. The fourth-order valence-corrected chi connectivity index (χ4v) is 5.13. The molecule has 4 aromatic rings. The number of amides is 1. The fourth-order valence-electron chi connectivity index (χ4n) is 5.13. The number of anilines is 2. The van der Waals surface area contributed by atoms with E-state index in [1.165, 1.54) is 0 Å². The number of benzene rings is 2. The molecule has 0 bridgehead atoms. The second kappa shape index (κ2) is 11.0. The number of hydrogen-bond acceptors (Lipinski definition) is 6. The van der Waals surface area contributed by atoms with E-state index in [2.05, 4.69) is 49.6 Å². The van der Waals surface area contributed by atoms with Crippen LogP contribution in [0.1, 0.15) is 68.2 Å². The molecule has 1 amide bonds. The molecule has 204 valence electrons. The van der Waals surface area contributed by atoms with E-state index in [4.69, 9.17) is 15.1 Å². The summed E-state index contributed by atoms with van der Waals surface area (Å²) in [5, 5.41) is 12.7. The number of rotatable bonds is 7. The average molecular weight is 526 g/mol. The molecule has 0 aliphatic heterocycles. The van der Waals surface area contributed by atoms with Crippen molar-refractivity contribution in [2.24, 2.45) is 0 Å². The van der Waals surface area contributed by atoms with Gasteiger partial charge in [0.1, 0.15) is 11.5 Å². The van der Waals surface area contributed by atoms with E-state index >= 15 is 0 Å². The van der Waals surface area contributed by atoms with Crippen LogP contribution in [-0.2, 0) is 12.0 Å². The lowest BCUT2D eigenvalue weighted by molar-refractivity contribution is 0.0916.